The maximum Gasteiger partial charge on any atom is 0.0136 e. The molecular weight excluding hydrogens is 218 g/mol. The van der Waals surface area contributed by atoms with E-state index in [4.69, 9.17) is 0 Å². The van der Waals surface area contributed by atoms with Crippen LogP contribution in [-0.4, -0.2) is 12.6 Å². The first kappa shape index (κ1) is 12.0. The molecule has 1 aromatic rings. The van der Waals surface area contributed by atoms with Gasteiger partial charge in [0.2, 0.25) is 0 Å². The molecule has 1 N–H and O–H groups in total. The zero-order valence-corrected chi connectivity index (χ0v) is 11.3. The first-order chi connectivity index (χ1) is 8.88. The van der Waals surface area contributed by atoms with E-state index >= 15 is 0 Å². The summed E-state index contributed by atoms with van der Waals surface area (Å²) in [4.78, 5) is 0. The van der Waals surface area contributed by atoms with Gasteiger partial charge in [0.25, 0.3) is 0 Å². The molecule has 1 fully saturated rings. The summed E-state index contributed by atoms with van der Waals surface area (Å²) < 4.78 is 0. The smallest absolute Gasteiger partial charge is 0.0136 e. The second kappa shape index (κ2) is 5.27. The summed E-state index contributed by atoms with van der Waals surface area (Å²) in [6, 6.07) is 9.58. The molecule has 1 atom stereocenters. The average molecular weight is 241 g/mol. The molecule has 96 valence electrons. The van der Waals surface area contributed by atoms with E-state index in [1.807, 2.05) is 0 Å². The van der Waals surface area contributed by atoms with Gasteiger partial charge in [0.1, 0.15) is 0 Å². The van der Waals surface area contributed by atoms with Gasteiger partial charge in [-0.3, -0.25) is 0 Å². The minimum atomic E-state index is 0.696. The van der Waals surface area contributed by atoms with Crippen molar-refractivity contribution in [2.75, 3.05) is 6.54 Å². The van der Waals surface area contributed by atoms with E-state index in [0.717, 1.165) is 18.9 Å². The van der Waals surface area contributed by atoms with Gasteiger partial charge < -0.3 is 5.32 Å². The van der Waals surface area contributed by atoms with Gasteiger partial charge in [-0.05, 0) is 54.8 Å². The van der Waals surface area contributed by atoms with Crippen LogP contribution >= 0.6 is 0 Å². The highest BCUT2D eigenvalue weighted by Crippen LogP contribution is 2.36. The van der Waals surface area contributed by atoms with E-state index in [-0.39, 0.29) is 0 Å². The Kier molecular flexibility index (Phi) is 3.51. The van der Waals surface area contributed by atoms with Crippen molar-refractivity contribution in [1.29, 1.82) is 0 Å². The fraction of sp³-hybridized carbons (Fsp3) is 0.529. The number of rotatable bonds is 5. The number of fused-ring (bicyclic) bond motifs is 1. The van der Waals surface area contributed by atoms with Gasteiger partial charge >= 0.3 is 0 Å². The Morgan fingerprint density at radius 3 is 2.83 bits per heavy atom. The molecule has 1 saturated carbocycles. The zero-order chi connectivity index (χ0) is 12.4. The highest BCUT2D eigenvalue weighted by molar-refractivity contribution is 5.73. The van der Waals surface area contributed by atoms with Crippen LogP contribution in [0.4, 0.5) is 0 Å². The third-order valence-corrected chi connectivity index (χ3v) is 4.56. The molecule has 1 heteroatoms. The van der Waals surface area contributed by atoms with Crippen LogP contribution < -0.4 is 5.32 Å². The summed E-state index contributed by atoms with van der Waals surface area (Å²) >= 11 is 0. The highest BCUT2D eigenvalue weighted by atomic mass is 14.9. The summed E-state index contributed by atoms with van der Waals surface area (Å²) in [6.45, 7) is 3.32. The summed E-state index contributed by atoms with van der Waals surface area (Å²) in [5.74, 6) is 0.915. The van der Waals surface area contributed by atoms with E-state index in [2.05, 4.69) is 42.6 Å². The topological polar surface area (TPSA) is 12.0 Å². The minimum absolute atomic E-state index is 0.696. The van der Waals surface area contributed by atoms with Crippen LogP contribution in [0.25, 0.3) is 5.57 Å². The summed E-state index contributed by atoms with van der Waals surface area (Å²) in [6.07, 6.45) is 9.07. The summed E-state index contributed by atoms with van der Waals surface area (Å²) in [7, 11) is 0. The maximum absolute atomic E-state index is 3.70. The Balaban J connectivity index is 1.72. The molecule has 0 aliphatic heterocycles. The largest absolute Gasteiger partial charge is 0.314 e. The minimum Gasteiger partial charge on any atom is -0.314 e. The van der Waals surface area contributed by atoms with Gasteiger partial charge in [-0.1, -0.05) is 43.7 Å². The standard InChI is InChI=1S/C17H23N/c1-2-18-17(14-7-5-8-14)12-15-11-10-13-6-3-4-9-16(13)15/h3-4,6,9,11,14,17-18H,2,5,7-8,10,12H2,1H3. The van der Waals surface area contributed by atoms with Crippen LogP contribution in [0.3, 0.4) is 0 Å². The quantitative estimate of drug-likeness (QED) is 0.827. The molecule has 0 radical (unpaired) electrons. The van der Waals surface area contributed by atoms with Gasteiger partial charge in [0, 0.05) is 6.04 Å². The van der Waals surface area contributed by atoms with Crippen molar-refractivity contribution in [2.45, 2.75) is 45.1 Å². The van der Waals surface area contributed by atoms with Crippen LogP contribution in [0, 0.1) is 5.92 Å². The molecule has 2 aliphatic carbocycles. The fourth-order valence-corrected chi connectivity index (χ4v) is 3.29. The van der Waals surface area contributed by atoms with Gasteiger partial charge in [0.05, 0.1) is 0 Å². The van der Waals surface area contributed by atoms with E-state index < -0.39 is 0 Å². The van der Waals surface area contributed by atoms with Gasteiger partial charge in [-0.2, -0.15) is 0 Å². The van der Waals surface area contributed by atoms with Gasteiger partial charge in [0.15, 0.2) is 0 Å². The Morgan fingerprint density at radius 1 is 1.28 bits per heavy atom. The number of hydrogen-bond donors (Lipinski definition) is 1. The summed E-state index contributed by atoms with van der Waals surface area (Å²) in [5, 5.41) is 3.70. The summed E-state index contributed by atoms with van der Waals surface area (Å²) in [5.41, 5.74) is 4.58. The number of benzene rings is 1. The van der Waals surface area contributed by atoms with Crippen molar-refractivity contribution in [3.63, 3.8) is 0 Å². The van der Waals surface area contributed by atoms with Crippen LogP contribution in [0.2, 0.25) is 0 Å². The first-order valence-electron chi connectivity index (χ1n) is 7.39. The van der Waals surface area contributed by atoms with Crippen LogP contribution in [-0.2, 0) is 6.42 Å². The Bertz CT molecular complexity index is 443. The van der Waals surface area contributed by atoms with Crippen LogP contribution in [0.15, 0.2) is 30.3 Å². The zero-order valence-electron chi connectivity index (χ0n) is 11.3. The number of allylic oxidation sites excluding steroid dienone is 1. The van der Waals surface area contributed by atoms with Crippen molar-refractivity contribution < 1.29 is 0 Å². The molecule has 0 aromatic heterocycles. The normalized spacial score (nSPS) is 20.2. The van der Waals surface area contributed by atoms with Crippen LogP contribution in [0.1, 0.15) is 43.7 Å². The molecule has 0 heterocycles. The van der Waals surface area contributed by atoms with E-state index in [1.165, 1.54) is 36.8 Å². The van der Waals surface area contributed by atoms with Gasteiger partial charge in [-0.15, -0.1) is 0 Å². The monoisotopic (exact) mass is 241 g/mol. The fourth-order valence-electron chi connectivity index (χ4n) is 3.29. The Labute approximate surface area is 110 Å². The molecule has 0 saturated heterocycles. The lowest BCUT2D eigenvalue weighted by Gasteiger charge is -2.34. The van der Waals surface area contributed by atoms with Gasteiger partial charge in [-0.25, -0.2) is 0 Å². The second-order valence-electron chi connectivity index (χ2n) is 5.65. The lowest BCUT2D eigenvalue weighted by Crippen LogP contribution is -2.39. The second-order valence-corrected chi connectivity index (χ2v) is 5.65. The predicted molar refractivity (Wildman–Crippen MR) is 77.5 cm³/mol. The van der Waals surface area contributed by atoms with Crippen LogP contribution in [0.5, 0.6) is 0 Å². The molecule has 0 spiro atoms. The molecule has 1 nitrogen and oxygen atoms in total. The average Bonchev–Trinajstić information content (AvgIpc) is 2.71. The predicted octanol–water partition coefficient (Wildman–Crippen LogP) is 3.79. The highest BCUT2D eigenvalue weighted by Gasteiger charge is 2.28. The van der Waals surface area contributed by atoms with E-state index in [9.17, 15) is 0 Å². The van der Waals surface area contributed by atoms with Crippen molar-refractivity contribution in [3.8, 4) is 0 Å². The molecule has 0 bridgehead atoms. The molecule has 18 heavy (non-hydrogen) atoms. The lowest BCUT2D eigenvalue weighted by atomic mass is 9.77. The molecule has 1 unspecified atom stereocenters. The third-order valence-electron chi connectivity index (χ3n) is 4.56. The van der Waals surface area contributed by atoms with Crippen molar-refractivity contribution in [2.24, 2.45) is 5.92 Å². The van der Waals surface area contributed by atoms with Crippen molar-refractivity contribution in [3.05, 3.63) is 41.5 Å². The SMILES string of the molecule is CCNC(CC1=CCc2ccccc21)C1CCC1. The lowest BCUT2D eigenvalue weighted by molar-refractivity contribution is 0.233. The maximum atomic E-state index is 3.70. The van der Waals surface area contributed by atoms with E-state index in [1.54, 1.807) is 5.57 Å². The molecule has 2 aliphatic rings. The molecule has 1 aromatic carbocycles. The third kappa shape index (κ3) is 2.24. The first-order valence-corrected chi connectivity index (χ1v) is 7.39. The van der Waals surface area contributed by atoms with Crippen molar-refractivity contribution >= 4 is 5.57 Å². The Morgan fingerprint density at radius 2 is 2.11 bits per heavy atom. The molecule has 0 amide bonds. The van der Waals surface area contributed by atoms with Crippen molar-refractivity contribution in [1.82, 2.24) is 5.32 Å². The number of hydrogen-bond acceptors (Lipinski definition) is 1. The Hall–Kier alpha value is -1.08. The number of nitrogens with one attached hydrogen (secondary N) is 1. The van der Waals surface area contributed by atoms with E-state index in [0.29, 0.717) is 6.04 Å². The molecule has 3 rings (SSSR count). The molecular formula is C17H23N.